The standard InChI is InChI=1S/C12H15N5O2/c1-8(2)6-16-7-14-15-12(16)10-5-9(17(18)19)3-4-11(10)13/h3-5,7-8H,6,13H2,1-2H3. The van der Waals surface area contributed by atoms with Crippen LogP contribution in [0.25, 0.3) is 11.4 Å². The number of nitro groups is 1. The molecule has 2 N–H and O–H groups in total. The SMILES string of the molecule is CC(C)Cn1cnnc1-c1cc([N+](=O)[O-])ccc1N. The third-order valence-corrected chi connectivity index (χ3v) is 2.67. The summed E-state index contributed by atoms with van der Waals surface area (Å²) in [6.07, 6.45) is 1.60. The summed E-state index contributed by atoms with van der Waals surface area (Å²) in [5.74, 6) is 0.963. The first-order valence-corrected chi connectivity index (χ1v) is 5.91. The lowest BCUT2D eigenvalue weighted by molar-refractivity contribution is -0.384. The van der Waals surface area contributed by atoms with Gasteiger partial charge in [-0.3, -0.25) is 10.1 Å². The topological polar surface area (TPSA) is 99.9 Å². The van der Waals surface area contributed by atoms with Gasteiger partial charge in [-0.15, -0.1) is 10.2 Å². The molecule has 1 aromatic carbocycles. The quantitative estimate of drug-likeness (QED) is 0.516. The predicted octanol–water partition coefficient (Wildman–Crippen LogP) is 2.09. The molecule has 7 nitrogen and oxygen atoms in total. The summed E-state index contributed by atoms with van der Waals surface area (Å²) in [5.41, 5.74) is 6.85. The van der Waals surface area contributed by atoms with Crippen molar-refractivity contribution >= 4 is 11.4 Å². The molecule has 2 rings (SSSR count). The number of benzene rings is 1. The van der Waals surface area contributed by atoms with Crippen molar-refractivity contribution in [1.82, 2.24) is 14.8 Å². The Morgan fingerprint density at radius 2 is 2.21 bits per heavy atom. The summed E-state index contributed by atoms with van der Waals surface area (Å²) in [6, 6.07) is 4.32. The molecule has 2 aromatic rings. The van der Waals surface area contributed by atoms with E-state index in [1.807, 2.05) is 4.57 Å². The van der Waals surface area contributed by atoms with E-state index < -0.39 is 4.92 Å². The van der Waals surface area contributed by atoms with E-state index in [0.717, 1.165) is 6.54 Å². The molecule has 0 spiro atoms. The van der Waals surface area contributed by atoms with Crippen LogP contribution >= 0.6 is 0 Å². The number of non-ortho nitro benzene ring substituents is 1. The Bertz CT molecular complexity index is 606. The Balaban J connectivity index is 2.49. The van der Waals surface area contributed by atoms with Gasteiger partial charge in [0.15, 0.2) is 5.82 Å². The summed E-state index contributed by atoms with van der Waals surface area (Å²) in [7, 11) is 0. The van der Waals surface area contributed by atoms with Crippen LogP contribution in [0.4, 0.5) is 11.4 Å². The fraction of sp³-hybridized carbons (Fsp3) is 0.333. The Morgan fingerprint density at radius 1 is 1.47 bits per heavy atom. The van der Waals surface area contributed by atoms with Gasteiger partial charge in [0.05, 0.1) is 4.92 Å². The van der Waals surface area contributed by atoms with Gasteiger partial charge in [0.2, 0.25) is 0 Å². The number of nitrogen functional groups attached to an aromatic ring is 1. The van der Waals surface area contributed by atoms with Crippen molar-refractivity contribution in [2.45, 2.75) is 20.4 Å². The Labute approximate surface area is 110 Å². The van der Waals surface area contributed by atoms with Crippen LogP contribution in [0, 0.1) is 16.0 Å². The lowest BCUT2D eigenvalue weighted by Crippen LogP contribution is -2.06. The molecule has 0 bridgehead atoms. The average Bonchev–Trinajstić information content (AvgIpc) is 2.76. The number of anilines is 1. The third-order valence-electron chi connectivity index (χ3n) is 2.67. The maximum atomic E-state index is 10.8. The van der Waals surface area contributed by atoms with Crippen molar-refractivity contribution in [3.63, 3.8) is 0 Å². The highest BCUT2D eigenvalue weighted by Crippen LogP contribution is 2.28. The molecule has 0 saturated heterocycles. The van der Waals surface area contributed by atoms with Crippen LogP contribution < -0.4 is 5.73 Å². The number of nitro benzene ring substituents is 1. The van der Waals surface area contributed by atoms with Gasteiger partial charge in [-0.2, -0.15) is 0 Å². The second-order valence-electron chi connectivity index (χ2n) is 4.73. The molecule has 0 saturated carbocycles. The average molecular weight is 261 g/mol. The lowest BCUT2D eigenvalue weighted by Gasteiger charge is -2.10. The number of hydrogen-bond donors (Lipinski definition) is 1. The molecule has 0 aliphatic rings. The van der Waals surface area contributed by atoms with Crippen molar-refractivity contribution in [2.24, 2.45) is 5.92 Å². The van der Waals surface area contributed by atoms with E-state index in [4.69, 9.17) is 5.73 Å². The summed E-state index contributed by atoms with van der Waals surface area (Å²) in [5, 5.41) is 18.7. The molecule has 1 heterocycles. The number of nitrogens with two attached hydrogens (primary N) is 1. The van der Waals surface area contributed by atoms with Crippen LogP contribution in [0.15, 0.2) is 24.5 Å². The molecule has 7 heteroatoms. The molecule has 0 unspecified atom stereocenters. The van der Waals surface area contributed by atoms with Crippen molar-refractivity contribution in [3.05, 3.63) is 34.6 Å². The van der Waals surface area contributed by atoms with Gasteiger partial charge in [0, 0.05) is 29.9 Å². The van der Waals surface area contributed by atoms with Crippen LogP contribution in [-0.4, -0.2) is 19.7 Å². The molecular formula is C12H15N5O2. The first kappa shape index (κ1) is 13.0. The van der Waals surface area contributed by atoms with E-state index in [2.05, 4.69) is 24.0 Å². The van der Waals surface area contributed by atoms with Crippen molar-refractivity contribution < 1.29 is 4.92 Å². The fourth-order valence-electron chi connectivity index (χ4n) is 1.84. The summed E-state index contributed by atoms with van der Waals surface area (Å²) in [6.45, 7) is 4.87. The second kappa shape index (κ2) is 5.05. The van der Waals surface area contributed by atoms with Crippen molar-refractivity contribution in [2.75, 3.05) is 5.73 Å². The Kier molecular flexibility index (Phi) is 3.46. The number of hydrogen-bond acceptors (Lipinski definition) is 5. The molecule has 0 atom stereocenters. The summed E-state index contributed by atoms with van der Waals surface area (Å²) in [4.78, 5) is 10.4. The molecule has 0 amide bonds. The third kappa shape index (κ3) is 2.70. The van der Waals surface area contributed by atoms with Crippen LogP contribution in [0.5, 0.6) is 0 Å². The fourth-order valence-corrected chi connectivity index (χ4v) is 1.84. The zero-order valence-electron chi connectivity index (χ0n) is 10.8. The van der Waals surface area contributed by atoms with Crippen LogP contribution in [0.1, 0.15) is 13.8 Å². The molecule has 0 fully saturated rings. The van der Waals surface area contributed by atoms with Gasteiger partial charge in [0.1, 0.15) is 6.33 Å². The predicted molar refractivity (Wildman–Crippen MR) is 71.4 cm³/mol. The minimum Gasteiger partial charge on any atom is -0.398 e. The Morgan fingerprint density at radius 3 is 2.84 bits per heavy atom. The smallest absolute Gasteiger partial charge is 0.270 e. The van der Waals surface area contributed by atoms with Crippen LogP contribution in [0.2, 0.25) is 0 Å². The number of rotatable bonds is 4. The minimum atomic E-state index is -0.452. The monoisotopic (exact) mass is 261 g/mol. The van der Waals surface area contributed by atoms with E-state index >= 15 is 0 Å². The molecular weight excluding hydrogens is 246 g/mol. The normalized spacial score (nSPS) is 10.9. The molecule has 0 radical (unpaired) electrons. The first-order valence-electron chi connectivity index (χ1n) is 5.91. The second-order valence-corrected chi connectivity index (χ2v) is 4.73. The van der Waals surface area contributed by atoms with Gasteiger partial charge < -0.3 is 10.3 Å². The summed E-state index contributed by atoms with van der Waals surface area (Å²) < 4.78 is 1.85. The van der Waals surface area contributed by atoms with Gasteiger partial charge in [-0.25, -0.2) is 0 Å². The van der Waals surface area contributed by atoms with Crippen molar-refractivity contribution in [1.29, 1.82) is 0 Å². The lowest BCUT2D eigenvalue weighted by atomic mass is 10.1. The zero-order chi connectivity index (χ0) is 14.0. The number of nitrogens with zero attached hydrogens (tertiary/aromatic N) is 4. The highest BCUT2D eigenvalue weighted by molar-refractivity contribution is 5.74. The van der Waals surface area contributed by atoms with Gasteiger partial charge in [-0.05, 0) is 12.0 Å². The van der Waals surface area contributed by atoms with E-state index in [1.54, 1.807) is 6.33 Å². The van der Waals surface area contributed by atoms with Gasteiger partial charge in [0.25, 0.3) is 5.69 Å². The minimum absolute atomic E-state index is 0.0108. The maximum absolute atomic E-state index is 10.8. The van der Waals surface area contributed by atoms with Crippen LogP contribution in [0.3, 0.4) is 0 Å². The Hall–Kier alpha value is -2.44. The highest BCUT2D eigenvalue weighted by Gasteiger charge is 2.15. The largest absolute Gasteiger partial charge is 0.398 e. The molecule has 1 aromatic heterocycles. The van der Waals surface area contributed by atoms with Gasteiger partial charge >= 0.3 is 0 Å². The van der Waals surface area contributed by atoms with Gasteiger partial charge in [-0.1, -0.05) is 13.8 Å². The molecule has 100 valence electrons. The molecule has 0 aliphatic carbocycles. The first-order chi connectivity index (χ1) is 8.99. The maximum Gasteiger partial charge on any atom is 0.270 e. The van der Waals surface area contributed by atoms with E-state index in [1.165, 1.54) is 18.2 Å². The number of aromatic nitrogens is 3. The van der Waals surface area contributed by atoms with E-state index in [-0.39, 0.29) is 5.69 Å². The summed E-state index contributed by atoms with van der Waals surface area (Å²) >= 11 is 0. The molecule has 19 heavy (non-hydrogen) atoms. The van der Waals surface area contributed by atoms with Crippen molar-refractivity contribution in [3.8, 4) is 11.4 Å². The van der Waals surface area contributed by atoms with E-state index in [9.17, 15) is 10.1 Å². The van der Waals surface area contributed by atoms with Crippen LogP contribution in [-0.2, 0) is 6.54 Å². The highest BCUT2D eigenvalue weighted by atomic mass is 16.6. The van der Waals surface area contributed by atoms with E-state index in [0.29, 0.717) is 23.0 Å². The zero-order valence-corrected chi connectivity index (χ0v) is 10.8. The molecule has 0 aliphatic heterocycles.